The molecule has 0 spiro atoms. The van der Waals surface area contributed by atoms with E-state index in [1.54, 1.807) is 49.6 Å². The van der Waals surface area contributed by atoms with Gasteiger partial charge in [-0.3, -0.25) is 0 Å². The van der Waals surface area contributed by atoms with Gasteiger partial charge in [0.1, 0.15) is 0 Å². The van der Waals surface area contributed by atoms with Crippen LogP contribution in [0.3, 0.4) is 0 Å². The van der Waals surface area contributed by atoms with Gasteiger partial charge in [-0.25, -0.2) is 8.42 Å². The molecular formula is C13H14O3S. The summed E-state index contributed by atoms with van der Waals surface area (Å²) < 4.78 is 29.7. The predicted octanol–water partition coefficient (Wildman–Crippen LogP) is 2.32. The first-order valence-corrected chi connectivity index (χ1v) is 6.83. The zero-order chi connectivity index (χ0) is 12.3. The summed E-state index contributed by atoms with van der Waals surface area (Å²) in [5.41, 5.74) is 0. The second kappa shape index (κ2) is 4.85. The van der Waals surface area contributed by atoms with Crippen LogP contribution in [0.1, 0.15) is 6.42 Å². The van der Waals surface area contributed by atoms with Crippen LogP contribution in [0.2, 0.25) is 0 Å². The topological polar surface area (TPSA) is 43.4 Å². The van der Waals surface area contributed by atoms with Crippen molar-refractivity contribution < 1.29 is 13.2 Å². The molecule has 0 N–H and O–H groups in total. The van der Waals surface area contributed by atoms with Crippen LogP contribution in [0.25, 0.3) is 0 Å². The maximum absolute atomic E-state index is 12.3. The third-order valence-electron chi connectivity index (χ3n) is 2.71. The molecule has 1 aromatic rings. The minimum atomic E-state index is -3.38. The van der Waals surface area contributed by atoms with Gasteiger partial charge in [0.05, 0.1) is 15.9 Å². The lowest BCUT2D eigenvalue weighted by molar-refractivity contribution is 0.141. The standard InChI is InChI=1S/C13H14O3S/c1-16-11-6-5-9-13(10-11)17(14,15)12-7-3-2-4-8-12/h2-9,11H,10H2,1H3. The first-order valence-electron chi connectivity index (χ1n) is 5.35. The van der Waals surface area contributed by atoms with Crippen molar-refractivity contribution in [1.82, 2.24) is 0 Å². The molecule has 0 fully saturated rings. The third kappa shape index (κ3) is 2.48. The Kier molecular flexibility index (Phi) is 3.45. The number of benzene rings is 1. The van der Waals surface area contributed by atoms with Crippen molar-refractivity contribution in [3.8, 4) is 0 Å². The molecular weight excluding hydrogens is 236 g/mol. The molecule has 4 heteroatoms. The quantitative estimate of drug-likeness (QED) is 0.827. The Morgan fingerprint density at radius 2 is 1.94 bits per heavy atom. The Morgan fingerprint density at radius 3 is 2.59 bits per heavy atom. The van der Waals surface area contributed by atoms with Gasteiger partial charge in [-0.15, -0.1) is 0 Å². The number of hydrogen-bond donors (Lipinski definition) is 0. The number of sulfone groups is 1. The van der Waals surface area contributed by atoms with Gasteiger partial charge in [0.2, 0.25) is 9.84 Å². The molecule has 90 valence electrons. The van der Waals surface area contributed by atoms with E-state index in [1.165, 1.54) is 0 Å². The Balaban J connectivity index is 2.35. The summed E-state index contributed by atoms with van der Waals surface area (Å²) in [4.78, 5) is 0.731. The van der Waals surface area contributed by atoms with Crippen molar-refractivity contribution >= 4 is 9.84 Å². The fourth-order valence-corrected chi connectivity index (χ4v) is 3.19. The van der Waals surface area contributed by atoms with E-state index in [1.807, 2.05) is 6.08 Å². The fourth-order valence-electron chi connectivity index (χ4n) is 1.73. The van der Waals surface area contributed by atoms with Crippen LogP contribution in [0.15, 0.2) is 58.4 Å². The maximum Gasteiger partial charge on any atom is 0.202 e. The third-order valence-corrected chi connectivity index (χ3v) is 4.60. The molecule has 0 amide bonds. The second-order valence-electron chi connectivity index (χ2n) is 3.81. The van der Waals surface area contributed by atoms with E-state index < -0.39 is 9.84 Å². The molecule has 1 aromatic carbocycles. The lowest BCUT2D eigenvalue weighted by Crippen LogP contribution is -2.16. The average Bonchev–Trinajstić information content (AvgIpc) is 2.40. The van der Waals surface area contributed by atoms with E-state index in [0.717, 1.165) is 0 Å². The molecule has 17 heavy (non-hydrogen) atoms. The van der Waals surface area contributed by atoms with Crippen LogP contribution in [-0.2, 0) is 14.6 Å². The number of methoxy groups -OCH3 is 1. The second-order valence-corrected chi connectivity index (χ2v) is 5.82. The zero-order valence-corrected chi connectivity index (χ0v) is 10.4. The predicted molar refractivity (Wildman–Crippen MR) is 66.3 cm³/mol. The Morgan fingerprint density at radius 1 is 1.24 bits per heavy atom. The lowest BCUT2D eigenvalue weighted by Gasteiger charge is -2.17. The first-order chi connectivity index (χ1) is 8.14. The van der Waals surface area contributed by atoms with Gasteiger partial charge in [0.15, 0.2) is 0 Å². The molecule has 0 saturated carbocycles. The van der Waals surface area contributed by atoms with E-state index in [0.29, 0.717) is 16.2 Å². The largest absolute Gasteiger partial charge is 0.377 e. The minimum absolute atomic E-state index is 0.159. The summed E-state index contributed by atoms with van der Waals surface area (Å²) in [6.45, 7) is 0. The summed E-state index contributed by atoms with van der Waals surface area (Å²) >= 11 is 0. The molecule has 1 unspecified atom stereocenters. The van der Waals surface area contributed by atoms with Crippen LogP contribution in [0.4, 0.5) is 0 Å². The normalized spacial score (nSPS) is 20.1. The van der Waals surface area contributed by atoms with E-state index >= 15 is 0 Å². The lowest BCUT2D eigenvalue weighted by atomic mass is 10.1. The summed E-state index contributed by atoms with van der Waals surface area (Å²) in [7, 11) is -1.80. The van der Waals surface area contributed by atoms with Crippen LogP contribution < -0.4 is 0 Å². The number of rotatable bonds is 3. The molecule has 3 nitrogen and oxygen atoms in total. The molecule has 0 aliphatic heterocycles. The Labute approximate surface area is 101 Å². The van der Waals surface area contributed by atoms with Crippen LogP contribution in [0.5, 0.6) is 0 Å². The smallest absolute Gasteiger partial charge is 0.202 e. The molecule has 1 aliphatic rings. The highest BCUT2D eigenvalue weighted by molar-refractivity contribution is 7.95. The molecule has 0 heterocycles. The fraction of sp³-hybridized carbons (Fsp3) is 0.231. The van der Waals surface area contributed by atoms with E-state index in [-0.39, 0.29) is 6.10 Å². The van der Waals surface area contributed by atoms with E-state index in [2.05, 4.69) is 0 Å². The summed E-state index contributed by atoms with van der Waals surface area (Å²) in [5.74, 6) is 0. The molecule has 1 aliphatic carbocycles. The van der Waals surface area contributed by atoms with Crippen molar-refractivity contribution in [2.75, 3.05) is 7.11 Å². The monoisotopic (exact) mass is 250 g/mol. The minimum Gasteiger partial charge on any atom is -0.377 e. The molecule has 2 rings (SSSR count). The van der Waals surface area contributed by atoms with Crippen molar-refractivity contribution in [2.45, 2.75) is 17.4 Å². The van der Waals surface area contributed by atoms with E-state index in [4.69, 9.17) is 4.74 Å². The number of allylic oxidation sites excluding steroid dienone is 2. The molecule has 1 atom stereocenters. The van der Waals surface area contributed by atoms with Crippen LogP contribution in [0, 0.1) is 0 Å². The molecule has 0 saturated heterocycles. The average molecular weight is 250 g/mol. The van der Waals surface area contributed by atoms with Gasteiger partial charge >= 0.3 is 0 Å². The van der Waals surface area contributed by atoms with Gasteiger partial charge in [-0.05, 0) is 18.2 Å². The van der Waals surface area contributed by atoms with Gasteiger partial charge < -0.3 is 4.74 Å². The summed E-state index contributed by atoms with van der Waals surface area (Å²) in [5, 5.41) is 0. The summed E-state index contributed by atoms with van der Waals surface area (Å²) in [6.07, 6.45) is 5.45. The van der Waals surface area contributed by atoms with Gasteiger partial charge in [-0.2, -0.15) is 0 Å². The van der Waals surface area contributed by atoms with Crippen LogP contribution >= 0.6 is 0 Å². The zero-order valence-electron chi connectivity index (χ0n) is 9.54. The van der Waals surface area contributed by atoms with Gasteiger partial charge in [0, 0.05) is 13.5 Å². The van der Waals surface area contributed by atoms with Crippen molar-refractivity contribution in [3.05, 3.63) is 53.5 Å². The number of ether oxygens (including phenoxy) is 1. The van der Waals surface area contributed by atoms with Gasteiger partial charge in [-0.1, -0.05) is 30.4 Å². The van der Waals surface area contributed by atoms with Crippen molar-refractivity contribution in [2.24, 2.45) is 0 Å². The Hall–Kier alpha value is -1.39. The van der Waals surface area contributed by atoms with Crippen molar-refractivity contribution in [1.29, 1.82) is 0 Å². The SMILES string of the molecule is COC1C=CC=C(S(=O)(=O)c2ccccc2)C1. The molecule has 0 radical (unpaired) electrons. The Bertz CT molecular complexity index is 541. The highest BCUT2D eigenvalue weighted by Gasteiger charge is 2.23. The van der Waals surface area contributed by atoms with Crippen LogP contribution in [-0.4, -0.2) is 21.6 Å². The van der Waals surface area contributed by atoms with Gasteiger partial charge in [0.25, 0.3) is 0 Å². The van der Waals surface area contributed by atoms with E-state index in [9.17, 15) is 8.42 Å². The maximum atomic E-state index is 12.3. The number of hydrogen-bond acceptors (Lipinski definition) is 3. The van der Waals surface area contributed by atoms with Crippen molar-refractivity contribution in [3.63, 3.8) is 0 Å². The first kappa shape index (κ1) is 12.1. The molecule has 0 aromatic heterocycles. The summed E-state index contributed by atoms with van der Waals surface area (Å²) in [6, 6.07) is 8.46. The highest BCUT2D eigenvalue weighted by Crippen LogP contribution is 2.26. The highest BCUT2D eigenvalue weighted by atomic mass is 32.2. The molecule has 0 bridgehead atoms.